The number of methoxy groups -OCH3 is 1. The van der Waals surface area contributed by atoms with Crippen molar-refractivity contribution in [1.29, 1.82) is 0 Å². The van der Waals surface area contributed by atoms with E-state index < -0.39 is 0 Å². The smallest absolute Gasteiger partial charge is 0.134 e. The molecule has 1 aromatic carbocycles. The summed E-state index contributed by atoms with van der Waals surface area (Å²) in [6.45, 7) is 0.242. The first-order chi connectivity index (χ1) is 10.3. The molecule has 1 aromatic heterocycles. The molecule has 0 bridgehead atoms. The van der Waals surface area contributed by atoms with Crippen molar-refractivity contribution in [3.63, 3.8) is 0 Å². The number of pyridine rings is 1. The third-order valence-corrected chi connectivity index (χ3v) is 4.44. The molecule has 2 N–H and O–H groups in total. The lowest BCUT2D eigenvalue weighted by Gasteiger charge is -2.31. The van der Waals surface area contributed by atoms with Gasteiger partial charge in [-0.3, -0.25) is 0 Å². The van der Waals surface area contributed by atoms with E-state index in [1.54, 1.807) is 7.11 Å². The van der Waals surface area contributed by atoms with Crippen molar-refractivity contribution in [2.24, 2.45) is 5.92 Å². The van der Waals surface area contributed by atoms with Crippen LogP contribution in [0, 0.1) is 5.92 Å². The van der Waals surface area contributed by atoms with Crippen LogP contribution in [0.1, 0.15) is 25.7 Å². The van der Waals surface area contributed by atoms with Crippen molar-refractivity contribution in [3.8, 4) is 5.75 Å². The number of nitrogens with one attached hydrogen (secondary N) is 1. The van der Waals surface area contributed by atoms with Gasteiger partial charge in [-0.15, -0.1) is 0 Å². The number of fused-ring (bicyclic) bond motifs is 1. The fourth-order valence-corrected chi connectivity index (χ4v) is 3.18. The molecule has 21 heavy (non-hydrogen) atoms. The molecule has 2 atom stereocenters. The van der Waals surface area contributed by atoms with Gasteiger partial charge in [0.05, 0.1) is 7.11 Å². The molecule has 4 heteroatoms. The number of hydrogen-bond acceptors (Lipinski definition) is 4. The number of aromatic nitrogens is 1. The predicted molar refractivity (Wildman–Crippen MR) is 84.7 cm³/mol. The molecule has 0 aliphatic heterocycles. The van der Waals surface area contributed by atoms with Crippen molar-refractivity contribution >= 4 is 16.6 Å². The minimum Gasteiger partial charge on any atom is -0.497 e. The monoisotopic (exact) mass is 286 g/mol. The fourth-order valence-electron chi connectivity index (χ4n) is 3.18. The van der Waals surface area contributed by atoms with E-state index in [0.717, 1.165) is 35.2 Å². The van der Waals surface area contributed by atoms with Gasteiger partial charge in [-0.05, 0) is 36.4 Å². The van der Waals surface area contributed by atoms with Crippen LogP contribution in [0.3, 0.4) is 0 Å². The van der Waals surface area contributed by atoms with E-state index in [0.29, 0.717) is 12.0 Å². The molecule has 4 nitrogen and oxygen atoms in total. The standard InChI is InChI=1S/C17H22N2O2/c1-21-14-7-6-12-8-9-18-17(15(12)10-14)19-16-5-3-2-4-13(16)11-20/h6-10,13,16,20H,2-5,11H2,1H3,(H,18,19). The van der Waals surface area contributed by atoms with Crippen molar-refractivity contribution in [2.45, 2.75) is 31.7 Å². The normalized spacial score (nSPS) is 22.2. The Bertz CT molecular complexity index is 615. The van der Waals surface area contributed by atoms with Gasteiger partial charge in [0.1, 0.15) is 11.6 Å². The number of aliphatic hydroxyl groups excluding tert-OH is 1. The first-order valence-corrected chi connectivity index (χ1v) is 7.62. The Morgan fingerprint density at radius 1 is 1.29 bits per heavy atom. The number of anilines is 1. The van der Waals surface area contributed by atoms with Crippen LogP contribution < -0.4 is 10.1 Å². The lowest BCUT2D eigenvalue weighted by Crippen LogP contribution is -2.34. The minimum absolute atomic E-state index is 0.242. The zero-order valence-corrected chi connectivity index (χ0v) is 12.4. The summed E-state index contributed by atoms with van der Waals surface area (Å²) in [6, 6.07) is 8.33. The van der Waals surface area contributed by atoms with E-state index in [1.165, 1.54) is 12.8 Å². The summed E-state index contributed by atoms with van der Waals surface area (Å²) in [5.74, 6) is 2.04. The lowest BCUT2D eigenvalue weighted by molar-refractivity contribution is 0.178. The van der Waals surface area contributed by atoms with Gasteiger partial charge in [0.25, 0.3) is 0 Å². The van der Waals surface area contributed by atoms with Gasteiger partial charge in [0.2, 0.25) is 0 Å². The topological polar surface area (TPSA) is 54.4 Å². The molecule has 1 aliphatic carbocycles. The third-order valence-electron chi connectivity index (χ3n) is 4.44. The number of benzene rings is 1. The van der Waals surface area contributed by atoms with Crippen LogP contribution in [0.15, 0.2) is 30.5 Å². The molecular weight excluding hydrogens is 264 g/mol. The average Bonchev–Trinajstić information content (AvgIpc) is 2.55. The SMILES string of the molecule is COc1ccc2ccnc(NC3CCCCC3CO)c2c1. The molecule has 0 amide bonds. The van der Waals surface area contributed by atoms with Crippen molar-refractivity contribution in [3.05, 3.63) is 30.5 Å². The molecule has 1 heterocycles. The maximum atomic E-state index is 9.55. The number of ether oxygens (including phenoxy) is 1. The van der Waals surface area contributed by atoms with Crippen LogP contribution in [0.4, 0.5) is 5.82 Å². The number of nitrogens with zero attached hydrogens (tertiary/aromatic N) is 1. The highest BCUT2D eigenvalue weighted by molar-refractivity contribution is 5.92. The summed E-state index contributed by atoms with van der Waals surface area (Å²) in [6.07, 6.45) is 6.42. The Morgan fingerprint density at radius 3 is 2.95 bits per heavy atom. The summed E-state index contributed by atoms with van der Waals surface area (Å²) in [7, 11) is 1.67. The van der Waals surface area contributed by atoms with Gasteiger partial charge in [0.15, 0.2) is 0 Å². The predicted octanol–water partition coefficient (Wildman–Crippen LogP) is 3.21. The highest BCUT2D eigenvalue weighted by Gasteiger charge is 2.25. The third kappa shape index (κ3) is 2.95. The summed E-state index contributed by atoms with van der Waals surface area (Å²) in [5, 5.41) is 15.3. The van der Waals surface area contributed by atoms with E-state index in [2.05, 4.69) is 10.3 Å². The van der Waals surface area contributed by atoms with E-state index in [1.807, 2.05) is 30.5 Å². The Morgan fingerprint density at radius 2 is 2.14 bits per heavy atom. The summed E-state index contributed by atoms with van der Waals surface area (Å²) in [5.41, 5.74) is 0. The van der Waals surface area contributed by atoms with Crippen molar-refractivity contribution in [1.82, 2.24) is 4.98 Å². The van der Waals surface area contributed by atoms with Crippen LogP contribution in [0.25, 0.3) is 10.8 Å². The molecule has 0 radical (unpaired) electrons. The van der Waals surface area contributed by atoms with E-state index in [-0.39, 0.29) is 6.61 Å². The second kappa shape index (κ2) is 6.31. The second-order valence-electron chi connectivity index (χ2n) is 5.72. The maximum Gasteiger partial charge on any atom is 0.134 e. The highest BCUT2D eigenvalue weighted by Crippen LogP contribution is 2.30. The molecule has 0 saturated heterocycles. The average molecular weight is 286 g/mol. The Balaban J connectivity index is 1.92. The Hall–Kier alpha value is -1.81. The van der Waals surface area contributed by atoms with Gasteiger partial charge in [-0.25, -0.2) is 4.98 Å². The van der Waals surface area contributed by atoms with Gasteiger partial charge >= 0.3 is 0 Å². The minimum atomic E-state index is 0.242. The van der Waals surface area contributed by atoms with Crippen molar-refractivity contribution < 1.29 is 9.84 Å². The van der Waals surface area contributed by atoms with E-state index in [4.69, 9.17) is 4.74 Å². The molecule has 2 aromatic rings. The highest BCUT2D eigenvalue weighted by atomic mass is 16.5. The molecular formula is C17H22N2O2. The molecule has 0 spiro atoms. The lowest BCUT2D eigenvalue weighted by atomic mass is 9.85. The van der Waals surface area contributed by atoms with Crippen LogP contribution in [-0.4, -0.2) is 29.8 Å². The Labute approximate surface area is 125 Å². The summed E-state index contributed by atoms with van der Waals surface area (Å²) >= 11 is 0. The molecule has 1 fully saturated rings. The number of rotatable bonds is 4. The van der Waals surface area contributed by atoms with E-state index >= 15 is 0 Å². The van der Waals surface area contributed by atoms with Gasteiger partial charge in [-0.2, -0.15) is 0 Å². The molecule has 112 valence electrons. The molecule has 3 rings (SSSR count). The van der Waals surface area contributed by atoms with Crippen LogP contribution in [0.2, 0.25) is 0 Å². The summed E-state index contributed by atoms with van der Waals surface area (Å²) < 4.78 is 5.31. The van der Waals surface area contributed by atoms with Gasteiger partial charge in [0, 0.05) is 30.1 Å². The fraction of sp³-hybridized carbons (Fsp3) is 0.471. The zero-order valence-electron chi connectivity index (χ0n) is 12.4. The Kier molecular flexibility index (Phi) is 4.25. The van der Waals surface area contributed by atoms with E-state index in [9.17, 15) is 5.11 Å². The van der Waals surface area contributed by atoms with Gasteiger partial charge in [-0.1, -0.05) is 18.9 Å². The second-order valence-corrected chi connectivity index (χ2v) is 5.72. The first-order valence-electron chi connectivity index (χ1n) is 7.62. The quantitative estimate of drug-likeness (QED) is 0.906. The van der Waals surface area contributed by atoms with Crippen molar-refractivity contribution in [2.75, 3.05) is 19.0 Å². The molecule has 1 saturated carbocycles. The number of aliphatic hydroxyl groups is 1. The zero-order chi connectivity index (χ0) is 14.7. The number of hydrogen-bond donors (Lipinski definition) is 2. The largest absolute Gasteiger partial charge is 0.497 e. The molecule has 2 unspecified atom stereocenters. The van der Waals surface area contributed by atoms with Gasteiger partial charge < -0.3 is 15.2 Å². The van der Waals surface area contributed by atoms with Crippen LogP contribution in [0.5, 0.6) is 5.75 Å². The molecule has 1 aliphatic rings. The first kappa shape index (κ1) is 14.1. The summed E-state index contributed by atoms with van der Waals surface area (Å²) in [4.78, 5) is 4.50. The van der Waals surface area contributed by atoms with Crippen LogP contribution in [-0.2, 0) is 0 Å². The van der Waals surface area contributed by atoms with Crippen LogP contribution >= 0.6 is 0 Å². The maximum absolute atomic E-state index is 9.55.